The average Bonchev–Trinajstić information content (AvgIpc) is 3.23. The molecule has 0 unspecified atom stereocenters. The summed E-state index contributed by atoms with van der Waals surface area (Å²) in [4.78, 5) is 8.65. The number of hydrogen-bond acceptors (Lipinski definition) is 7. The summed E-state index contributed by atoms with van der Waals surface area (Å²) in [5.74, 6) is 2.80. The summed E-state index contributed by atoms with van der Waals surface area (Å²) in [5.41, 5.74) is 0.846. The molecule has 3 heterocycles. The van der Waals surface area contributed by atoms with Crippen LogP contribution in [-0.4, -0.2) is 36.0 Å². The lowest BCUT2D eigenvalue weighted by Gasteiger charge is -2.14. The minimum absolute atomic E-state index is 0.405. The molecule has 0 aromatic carbocycles. The van der Waals surface area contributed by atoms with Gasteiger partial charge in [-0.15, -0.1) is 10.2 Å². The molecule has 120 valence electrons. The highest BCUT2D eigenvalue weighted by Gasteiger charge is 2.27. The fourth-order valence-electron chi connectivity index (χ4n) is 3.33. The second kappa shape index (κ2) is 5.60. The zero-order valence-corrected chi connectivity index (χ0v) is 13.2. The second-order valence-corrected chi connectivity index (χ2v) is 6.17. The fraction of sp³-hybridized carbons (Fsp3) is 0.533. The van der Waals surface area contributed by atoms with E-state index < -0.39 is 0 Å². The molecule has 23 heavy (non-hydrogen) atoms. The first-order chi connectivity index (χ1) is 11.2. The van der Waals surface area contributed by atoms with Crippen molar-refractivity contribution in [3.8, 4) is 0 Å². The normalized spacial score (nSPS) is 21.1. The van der Waals surface area contributed by atoms with Crippen LogP contribution in [0, 0.1) is 12.8 Å². The third kappa shape index (κ3) is 2.76. The van der Waals surface area contributed by atoms with Gasteiger partial charge in [-0.3, -0.25) is 4.68 Å². The van der Waals surface area contributed by atoms with Crippen molar-refractivity contribution in [2.75, 3.05) is 5.32 Å². The summed E-state index contributed by atoms with van der Waals surface area (Å²) in [6, 6.07) is 0.405. The Labute approximate surface area is 133 Å². The zero-order chi connectivity index (χ0) is 15.8. The monoisotopic (exact) mass is 313 g/mol. The van der Waals surface area contributed by atoms with Crippen LogP contribution in [0.5, 0.6) is 0 Å². The Kier molecular flexibility index (Phi) is 3.44. The molecule has 0 spiro atoms. The highest BCUT2D eigenvalue weighted by atomic mass is 16.4. The van der Waals surface area contributed by atoms with Crippen molar-refractivity contribution in [2.24, 2.45) is 13.0 Å². The maximum Gasteiger partial charge on any atom is 0.216 e. The van der Waals surface area contributed by atoms with Crippen molar-refractivity contribution in [2.45, 2.75) is 38.6 Å². The number of anilines is 1. The van der Waals surface area contributed by atoms with Crippen molar-refractivity contribution >= 4 is 16.9 Å². The minimum Gasteiger partial charge on any atom is -0.426 e. The van der Waals surface area contributed by atoms with Crippen molar-refractivity contribution in [3.63, 3.8) is 0 Å². The SMILES string of the molecule is Cc1nnc(C[C@@H]2CC[C@H](Nc3ncnc4c3cnn4C)C2)o1. The van der Waals surface area contributed by atoms with Gasteiger partial charge in [-0.1, -0.05) is 0 Å². The van der Waals surface area contributed by atoms with Crippen molar-refractivity contribution < 1.29 is 4.42 Å². The number of rotatable bonds is 4. The Morgan fingerprint density at radius 3 is 3.04 bits per heavy atom. The van der Waals surface area contributed by atoms with E-state index in [9.17, 15) is 0 Å². The van der Waals surface area contributed by atoms with Crippen LogP contribution in [0.3, 0.4) is 0 Å². The maximum absolute atomic E-state index is 5.49. The van der Waals surface area contributed by atoms with Gasteiger partial charge in [-0.05, 0) is 25.2 Å². The van der Waals surface area contributed by atoms with Gasteiger partial charge in [-0.2, -0.15) is 5.10 Å². The van der Waals surface area contributed by atoms with E-state index in [2.05, 4.69) is 30.6 Å². The number of aromatic nitrogens is 6. The van der Waals surface area contributed by atoms with E-state index in [0.29, 0.717) is 17.9 Å². The highest BCUT2D eigenvalue weighted by Crippen LogP contribution is 2.31. The van der Waals surface area contributed by atoms with E-state index in [1.165, 1.54) is 0 Å². The van der Waals surface area contributed by atoms with Crippen LogP contribution in [0.15, 0.2) is 16.9 Å². The van der Waals surface area contributed by atoms with Crippen LogP contribution in [0.4, 0.5) is 5.82 Å². The molecule has 1 N–H and O–H groups in total. The second-order valence-electron chi connectivity index (χ2n) is 6.17. The van der Waals surface area contributed by atoms with E-state index in [4.69, 9.17) is 4.42 Å². The summed E-state index contributed by atoms with van der Waals surface area (Å²) in [7, 11) is 1.89. The molecule has 0 amide bonds. The van der Waals surface area contributed by atoms with Gasteiger partial charge in [-0.25, -0.2) is 9.97 Å². The van der Waals surface area contributed by atoms with Crippen LogP contribution in [0.2, 0.25) is 0 Å². The first-order valence-electron chi connectivity index (χ1n) is 7.87. The molecular weight excluding hydrogens is 294 g/mol. The van der Waals surface area contributed by atoms with Crippen LogP contribution in [0.1, 0.15) is 31.0 Å². The zero-order valence-electron chi connectivity index (χ0n) is 13.2. The van der Waals surface area contributed by atoms with Gasteiger partial charge < -0.3 is 9.73 Å². The Hall–Kier alpha value is -2.51. The topological polar surface area (TPSA) is 94.5 Å². The predicted molar refractivity (Wildman–Crippen MR) is 83.8 cm³/mol. The summed E-state index contributed by atoms with van der Waals surface area (Å²) in [6.45, 7) is 1.82. The molecule has 1 aliphatic carbocycles. The first-order valence-corrected chi connectivity index (χ1v) is 7.87. The van der Waals surface area contributed by atoms with Gasteiger partial charge in [0.25, 0.3) is 0 Å². The molecule has 4 rings (SSSR count). The molecule has 0 aliphatic heterocycles. The molecule has 3 aromatic heterocycles. The highest BCUT2D eigenvalue weighted by molar-refractivity contribution is 5.86. The van der Waals surface area contributed by atoms with Gasteiger partial charge in [0.2, 0.25) is 11.8 Å². The molecule has 0 radical (unpaired) electrons. The quantitative estimate of drug-likeness (QED) is 0.785. The summed E-state index contributed by atoms with van der Waals surface area (Å²) in [6.07, 6.45) is 7.59. The standard InChI is InChI=1S/C15H19N7O/c1-9-20-21-13(23-9)6-10-3-4-11(5-10)19-14-12-7-18-22(2)15(12)17-8-16-14/h7-8,10-11H,3-6H2,1-2H3,(H,16,17,19)/t10-,11+/m1/s1. The number of hydrogen-bond donors (Lipinski definition) is 1. The van der Waals surface area contributed by atoms with Gasteiger partial charge in [0.05, 0.1) is 11.6 Å². The van der Waals surface area contributed by atoms with Crippen LogP contribution in [0.25, 0.3) is 11.0 Å². The lowest BCUT2D eigenvalue weighted by molar-refractivity contribution is 0.416. The number of nitrogens with zero attached hydrogens (tertiary/aromatic N) is 6. The van der Waals surface area contributed by atoms with E-state index in [1.54, 1.807) is 11.0 Å². The maximum atomic E-state index is 5.49. The number of aryl methyl sites for hydroxylation is 2. The van der Waals surface area contributed by atoms with Gasteiger partial charge >= 0.3 is 0 Å². The van der Waals surface area contributed by atoms with E-state index in [1.807, 2.05) is 20.2 Å². The van der Waals surface area contributed by atoms with Crippen molar-refractivity contribution in [1.29, 1.82) is 0 Å². The third-order valence-corrected chi connectivity index (χ3v) is 4.44. The predicted octanol–water partition coefficient (Wildman–Crippen LogP) is 1.88. The molecule has 8 heteroatoms. The molecule has 1 fully saturated rings. The lowest BCUT2D eigenvalue weighted by Crippen LogP contribution is -2.17. The summed E-state index contributed by atoms with van der Waals surface area (Å²) >= 11 is 0. The van der Waals surface area contributed by atoms with Gasteiger partial charge in [0.1, 0.15) is 12.1 Å². The van der Waals surface area contributed by atoms with Crippen LogP contribution in [-0.2, 0) is 13.5 Å². The molecule has 0 saturated heterocycles. The Bertz CT molecular complexity index is 824. The Balaban J connectivity index is 1.43. The fourth-order valence-corrected chi connectivity index (χ4v) is 3.33. The number of fused-ring (bicyclic) bond motifs is 1. The molecule has 2 atom stereocenters. The largest absolute Gasteiger partial charge is 0.426 e. The van der Waals surface area contributed by atoms with Crippen molar-refractivity contribution in [3.05, 3.63) is 24.3 Å². The van der Waals surface area contributed by atoms with Crippen LogP contribution >= 0.6 is 0 Å². The Morgan fingerprint density at radius 1 is 1.30 bits per heavy atom. The summed E-state index contributed by atoms with van der Waals surface area (Å²) in [5, 5.41) is 16.7. The average molecular weight is 313 g/mol. The first kappa shape index (κ1) is 14.1. The molecule has 3 aromatic rings. The Morgan fingerprint density at radius 2 is 2.22 bits per heavy atom. The molecule has 1 aliphatic rings. The molecule has 0 bridgehead atoms. The smallest absolute Gasteiger partial charge is 0.216 e. The molecule has 1 saturated carbocycles. The van der Waals surface area contributed by atoms with E-state index >= 15 is 0 Å². The minimum atomic E-state index is 0.405. The number of nitrogens with one attached hydrogen (secondary N) is 1. The van der Waals surface area contributed by atoms with Gasteiger partial charge in [0.15, 0.2) is 5.65 Å². The van der Waals surface area contributed by atoms with E-state index in [0.717, 1.165) is 48.4 Å². The summed E-state index contributed by atoms with van der Waals surface area (Å²) < 4.78 is 7.25. The lowest BCUT2D eigenvalue weighted by atomic mass is 10.0. The van der Waals surface area contributed by atoms with Gasteiger partial charge in [0, 0.05) is 26.4 Å². The molecular formula is C15H19N7O. The third-order valence-electron chi connectivity index (χ3n) is 4.44. The molecule has 8 nitrogen and oxygen atoms in total. The van der Waals surface area contributed by atoms with Crippen molar-refractivity contribution in [1.82, 2.24) is 29.9 Å². The van der Waals surface area contributed by atoms with E-state index in [-0.39, 0.29) is 0 Å². The van der Waals surface area contributed by atoms with Crippen LogP contribution < -0.4 is 5.32 Å².